The van der Waals surface area contributed by atoms with Gasteiger partial charge in [0.25, 0.3) is 0 Å². The maximum atomic E-state index is 11.0. The second-order valence-corrected chi connectivity index (χ2v) is 4.99. The van der Waals surface area contributed by atoms with Crippen LogP contribution in [-0.4, -0.2) is 8.42 Å². The Morgan fingerprint density at radius 1 is 1.08 bits per heavy atom. The quantitative estimate of drug-likeness (QED) is 0.842. The van der Waals surface area contributed by atoms with Crippen LogP contribution in [0.2, 0.25) is 15.1 Å². The molecule has 0 fully saturated rings. The summed E-state index contributed by atoms with van der Waals surface area (Å²) < 4.78 is 21.9. The summed E-state index contributed by atoms with van der Waals surface area (Å²) in [4.78, 5) is -0.305. The Morgan fingerprint density at radius 3 is 1.77 bits per heavy atom. The highest BCUT2D eigenvalue weighted by Crippen LogP contribution is 2.31. The van der Waals surface area contributed by atoms with Crippen molar-refractivity contribution in [2.45, 2.75) is 4.90 Å². The van der Waals surface area contributed by atoms with Crippen LogP contribution in [0.1, 0.15) is 0 Å². The van der Waals surface area contributed by atoms with E-state index < -0.39 is 10.0 Å². The van der Waals surface area contributed by atoms with Crippen LogP contribution in [0.4, 0.5) is 0 Å². The van der Waals surface area contributed by atoms with Crippen molar-refractivity contribution in [2.75, 3.05) is 0 Å². The number of nitrogens with two attached hydrogens (primary N) is 1. The third-order valence-electron chi connectivity index (χ3n) is 1.25. The fourth-order valence-corrected chi connectivity index (χ4v) is 2.92. The number of halogens is 3. The predicted molar refractivity (Wildman–Crippen MR) is 52.8 cm³/mol. The molecular formula is C6H4Cl3NO2S. The lowest BCUT2D eigenvalue weighted by atomic mass is 10.4. The molecule has 0 aliphatic carbocycles. The van der Waals surface area contributed by atoms with Crippen molar-refractivity contribution in [2.24, 2.45) is 5.14 Å². The van der Waals surface area contributed by atoms with Gasteiger partial charge >= 0.3 is 0 Å². The molecule has 1 aromatic carbocycles. The summed E-state index contributed by atoms with van der Waals surface area (Å²) >= 11 is 16.8. The molecule has 0 heterocycles. The first kappa shape index (κ1) is 11.1. The average Bonchev–Trinajstić information content (AvgIpc) is 1.78. The predicted octanol–water partition coefficient (Wildman–Crippen LogP) is 2.29. The highest BCUT2D eigenvalue weighted by molar-refractivity contribution is 7.89. The Hall–Kier alpha value is -0.000000000000000111. The normalized spacial score (nSPS) is 11.7. The Bertz CT molecular complexity index is 420. The van der Waals surface area contributed by atoms with Gasteiger partial charge < -0.3 is 0 Å². The highest BCUT2D eigenvalue weighted by Gasteiger charge is 2.17. The molecule has 0 radical (unpaired) electrons. The van der Waals surface area contributed by atoms with Crippen molar-refractivity contribution in [3.8, 4) is 0 Å². The summed E-state index contributed by atoms with van der Waals surface area (Å²) in [5.41, 5.74) is 0. The largest absolute Gasteiger partial charge is 0.241 e. The first-order valence-electron chi connectivity index (χ1n) is 2.99. The van der Waals surface area contributed by atoms with E-state index >= 15 is 0 Å². The number of hydrogen-bond donors (Lipinski definition) is 1. The van der Waals surface area contributed by atoms with Gasteiger partial charge in [0.1, 0.15) is 4.90 Å². The zero-order valence-corrected chi connectivity index (χ0v) is 9.17. The molecule has 0 atom stereocenters. The third-order valence-corrected chi connectivity index (χ3v) is 3.29. The minimum Gasteiger partial charge on any atom is -0.225 e. The summed E-state index contributed by atoms with van der Waals surface area (Å²) in [5, 5.41) is 4.95. The number of primary sulfonamides is 1. The Morgan fingerprint density at radius 2 is 1.46 bits per heavy atom. The molecule has 2 N–H and O–H groups in total. The minimum absolute atomic E-state index is 0.0833. The fraction of sp³-hybridized carbons (Fsp3) is 0. The Labute approximate surface area is 90.4 Å². The molecule has 3 nitrogen and oxygen atoms in total. The number of rotatable bonds is 1. The monoisotopic (exact) mass is 259 g/mol. The molecule has 0 unspecified atom stereocenters. The van der Waals surface area contributed by atoms with Gasteiger partial charge in [0, 0.05) is 5.02 Å². The van der Waals surface area contributed by atoms with E-state index in [1.54, 1.807) is 0 Å². The van der Waals surface area contributed by atoms with Gasteiger partial charge in [-0.1, -0.05) is 34.8 Å². The van der Waals surface area contributed by atoms with Gasteiger partial charge in [-0.05, 0) is 12.1 Å². The van der Waals surface area contributed by atoms with E-state index in [0.29, 0.717) is 0 Å². The maximum Gasteiger partial charge on any atom is 0.241 e. The molecule has 13 heavy (non-hydrogen) atoms. The van der Waals surface area contributed by atoms with Crippen molar-refractivity contribution in [3.05, 3.63) is 27.2 Å². The molecule has 0 aromatic heterocycles. The molecule has 72 valence electrons. The van der Waals surface area contributed by atoms with Gasteiger partial charge in [0.2, 0.25) is 10.0 Å². The van der Waals surface area contributed by atoms with E-state index in [4.69, 9.17) is 39.9 Å². The zero-order chi connectivity index (χ0) is 10.2. The lowest BCUT2D eigenvalue weighted by Crippen LogP contribution is -2.13. The molecule has 0 spiro atoms. The molecule has 1 rings (SSSR count). The molecule has 0 aliphatic heterocycles. The van der Waals surface area contributed by atoms with Crippen LogP contribution in [0, 0.1) is 0 Å². The smallest absolute Gasteiger partial charge is 0.225 e. The second-order valence-electron chi connectivity index (χ2n) is 2.24. The van der Waals surface area contributed by atoms with E-state index in [1.165, 1.54) is 12.1 Å². The van der Waals surface area contributed by atoms with Crippen LogP contribution >= 0.6 is 34.8 Å². The summed E-state index contributed by atoms with van der Waals surface area (Å²) in [6, 6.07) is 2.52. The van der Waals surface area contributed by atoms with E-state index in [-0.39, 0.29) is 20.0 Å². The highest BCUT2D eigenvalue weighted by atomic mass is 35.5. The van der Waals surface area contributed by atoms with Crippen molar-refractivity contribution in [1.82, 2.24) is 0 Å². The molecule has 0 saturated carbocycles. The van der Waals surface area contributed by atoms with Crippen LogP contribution in [0.3, 0.4) is 0 Å². The van der Waals surface area contributed by atoms with Crippen molar-refractivity contribution >= 4 is 44.8 Å². The summed E-state index contributed by atoms with van der Waals surface area (Å²) in [6.07, 6.45) is 0. The van der Waals surface area contributed by atoms with Crippen molar-refractivity contribution in [3.63, 3.8) is 0 Å². The first-order chi connectivity index (χ1) is 5.82. The van der Waals surface area contributed by atoms with E-state index in [2.05, 4.69) is 0 Å². The summed E-state index contributed by atoms with van der Waals surface area (Å²) in [5.74, 6) is 0. The fourth-order valence-electron chi connectivity index (χ4n) is 0.801. The number of sulfonamides is 1. The Kier molecular flexibility index (Phi) is 3.09. The topological polar surface area (TPSA) is 60.2 Å². The van der Waals surface area contributed by atoms with Crippen LogP contribution < -0.4 is 5.14 Å². The SMILES string of the molecule is NS(=O)(=O)c1c(Cl)cc(Cl)cc1Cl. The number of benzene rings is 1. The molecule has 0 bridgehead atoms. The summed E-state index contributed by atoms with van der Waals surface area (Å²) in [7, 11) is -3.90. The van der Waals surface area contributed by atoms with Crippen molar-refractivity contribution in [1.29, 1.82) is 0 Å². The zero-order valence-electron chi connectivity index (χ0n) is 6.09. The minimum atomic E-state index is -3.90. The van der Waals surface area contributed by atoms with Crippen LogP contribution in [0.5, 0.6) is 0 Å². The van der Waals surface area contributed by atoms with Crippen LogP contribution in [0.15, 0.2) is 17.0 Å². The summed E-state index contributed by atoms with van der Waals surface area (Å²) in [6.45, 7) is 0. The standard InChI is InChI=1S/C6H4Cl3NO2S/c7-3-1-4(8)6(5(9)2-3)13(10,11)12/h1-2H,(H2,10,11,12). The van der Waals surface area contributed by atoms with Gasteiger partial charge in [-0.25, -0.2) is 13.6 Å². The van der Waals surface area contributed by atoms with Gasteiger partial charge in [0.15, 0.2) is 0 Å². The maximum absolute atomic E-state index is 11.0. The molecular weight excluding hydrogens is 256 g/mol. The molecule has 0 saturated heterocycles. The van der Waals surface area contributed by atoms with E-state index in [0.717, 1.165) is 0 Å². The first-order valence-corrected chi connectivity index (χ1v) is 5.68. The molecule has 0 aliphatic rings. The lowest BCUT2D eigenvalue weighted by Gasteiger charge is -2.04. The lowest BCUT2D eigenvalue weighted by molar-refractivity contribution is 0.598. The molecule has 1 aromatic rings. The van der Waals surface area contributed by atoms with Crippen molar-refractivity contribution < 1.29 is 8.42 Å². The van der Waals surface area contributed by atoms with Gasteiger partial charge in [0.05, 0.1) is 10.0 Å². The van der Waals surface area contributed by atoms with Crippen LogP contribution in [0.25, 0.3) is 0 Å². The second kappa shape index (κ2) is 3.63. The Balaban J connectivity index is 3.57. The average molecular weight is 261 g/mol. The van der Waals surface area contributed by atoms with E-state index in [1.807, 2.05) is 0 Å². The van der Waals surface area contributed by atoms with Crippen LogP contribution in [-0.2, 0) is 10.0 Å². The van der Waals surface area contributed by atoms with Gasteiger partial charge in [-0.2, -0.15) is 0 Å². The van der Waals surface area contributed by atoms with Gasteiger partial charge in [-0.15, -0.1) is 0 Å². The van der Waals surface area contributed by atoms with E-state index in [9.17, 15) is 8.42 Å². The molecule has 0 amide bonds. The number of hydrogen-bond acceptors (Lipinski definition) is 2. The third kappa shape index (κ3) is 2.48. The molecule has 7 heteroatoms. The van der Waals surface area contributed by atoms with Gasteiger partial charge in [-0.3, -0.25) is 0 Å².